The number of pyridine rings is 1. The number of methoxy groups -OCH3 is 1. The van der Waals surface area contributed by atoms with E-state index in [1.165, 1.54) is 0 Å². The van der Waals surface area contributed by atoms with E-state index in [1.54, 1.807) is 42.3 Å². The molecule has 2 heterocycles. The van der Waals surface area contributed by atoms with Crippen molar-refractivity contribution in [2.75, 3.05) is 13.7 Å². The molecule has 0 bridgehead atoms. The van der Waals surface area contributed by atoms with E-state index in [9.17, 15) is 4.79 Å². The zero-order chi connectivity index (χ0) is 20.9. The maximum atomic E-state index is 12.1. The summed E-state index contributed by atoms with van der Waals surface area (Å²) in [6, 6.07) is 14.3. The summed E-state index contributed by atoms with van der Waals surface area (Å²) >= 11 is 6.05. The number of nitrogens with zero attached hydrogens (tertiary/aromatic N) is 4. The minimum absolute atomic E-state index is 0.300. The Morgan fingerprint density at radius 2 is 1.97 bits per heavy atom. The summed E-state index contributed by atoms with van der Waals surface area (Å²) in [6.45, 7) is 0.300. The molecule has 0 amide bonds. The van der Waals surface area contributed by atoms with Gasteiger partial charge in [0.05, 0.1) is 42.4 Å². The van der Waals surface area contributed by atoms with Crippen LogP contribution < -0.4 is 4.74 Å². The minimum Gasteiger partial charge on any atom is -0.497 e. The maximum Gasteiger partial charge on any atom is 0.338 e. The van der Waals surface area contributed by atoms with Crippen LogP contribution in [-0.2, 0) is 11.2 Å². The highest BCUT2D eigenvalue weighted by atomic mass is 35.5. The van der Waals surface area contributed by atoms with Crippen LogP contribution in [0.1, 0.15) is 22.5 Å². The summed E-state index contributed by atoms with van der Waals surface area (Å²) in [5.41, 5.74) is 2.98. The molecule has 0 saturated carbocycles. The van der Waals surface area contributed by atoms with Gasteiger partial charge >= 0.3 is 5.97 Å². The maximum absolute atomic E-state index is 12.1. The highest BCUT2D eigenvalue weighted by molar-refractivity contribution is 6.31. The number of carbonyl (C=O) groups is 1. The van der Waals surface area contributed by atoms with Crippen LogP contribution in [0.3, 0.4) is 0 Å². The van der Waals surface area contributed by atoms with Gasteiger partial charge in [0.25, 0.3) is 0 Å². The van der Waals surface area contributed by atoms with E-state index in [1.807, 2.05) is 30.5 Å². The van der Waals surface area contributed by atoms with Gasteiger partial charge < -0.3 is 9.47 Å². The number of hydrogen-bond acceptors (Lipinski definition) is 6. The van der Waals surface area contributed by atoms with Crippen molar-refractivity contribution in [2.45, 2.75) is 12.8 Å². The van der Waals surface area contributed by atoms with Crippen molar-refractivity contribution in [1.29, 1.82) is 0 Å². The second-order valence-corrected chi connectivity index (χ2v) is 7.05. The molecule has 4 rings (SSSR count). The Hall–Kier alpha value is -3.45. The van der Waals surface area contributed by atoms with Crippen LogP contribution in [0.15, 0.2) is 60.9 Å². The molecule has 0 unspecified atom stereocenters. The second kappa shape index (κ2) is 8.92. The topological polar surface area (TPSA) is 79.1 Å². The Morgan fingerprint density at radius 1 is 1.13 bits per heavy atom. The number of aryl methyl sites for hydroxylation is 1. The first kappa shape index (κ1) is 19.8. The normalized spacial score (nSPS) is 10.9. The Labute approximate surface area is 178 Å². The van der Waals surface area contributed by atoms with Crippen LogP contribution in [0, 0.1) is 0 Å². The van der Waals surface area contributed by atoms with Gasteiger partial charge in [0.2, 0.25) is 0 Å². The lowest BCUT2D eigenvalue weighted by molar-refractivity contribution is 0.0500. The zero-order valence-corrected chi connectivity index (χ0v) is 17.0. The summed E-state index contributed by atoms with van der Waals surface area (Å²) in [6.07, 6.45) is 4.88. The van der Waals surface area contributed by atoms with E-state index in [0.29, 0.717) is 35.8 Å². The van der Waals surface area contributed by atoms with Crippen molar-refractivity contribution >= 4 is 28.5 Å². The lowest BCUT2D eigenvalue weighted by Crippen LogP contribution is -2.07. The van der Waals surface area contributed by atoms with Gasteiger partial charge in [-0.05, 0) is 61.4 Å². The molecule has 152 valence electrons. The number of aromatic nitrogens is 4. The summed E-state index contributed by atoms with van der Waals surface area (Å²) in [7, 11) is 1.58. The number of benzene rings is 2. The number of halogens is 1. The minimum atomic E-state index is -0.358. The Morgan fingerprint density at radius 3 is 2.77 bits per heavy atom. The van der Waals surface area contributed by atoms with Gasteiger partial charge in [-0.15, -0.1) is 5.10 Å². The summed E-state index contributed by atoms with van der Waals surface area (Å²) in [5, 5.41) is 10.0. The van der Waals surface area contributed by atoms with Crippen LogP contribution in [0.25, 0.3) is 16.6 Å². The van der Waals surface area contributed by atoms with Crippen molar-refractivity contribution in [3.63, 3.8) is 0 Å². The fraction of sp³-hybridized carbons (Fsp3) is 0.182. The van der Waals surface area contributed by atoms with Crippen molar-refractivity contribution in [1.82, 2.24) is 20.0 Å². The second-order valence-electron chi connectivity index (χ2n) is 6.61. The predicted octanol–water partition coefficient (Wildman–Crippen LogP) is 4.27. The molecular weight excluding hydrogens is 404 g/mol. The summed E-state index contributed by atoms with van der Waals surface area (Å²) < 4.78 is 12.1. The van der Waals surface area contributed by atoms with Gasteiger partial charge in [0.1, 0.15) is 5.75 Å². The highest BCUT2D eigenvalue weighted by Gasteiger charge is 2.10. The largest absolute Gasteiger partial charge is 0.497 e. The molecule has 2 aromatic carbocycles. The Bertz CT molecular complexity index is 1170. The fourth-order valence-corrected chi connectivity index (χ4v) is 3.23. The Kier molecular flexibility index (Phi) is 5.90. The smallest absolute Gasteiger partial charge is 0.338 e. The number of esters is 1. The molecular formula is C22H19ClN4O3. The molecule has 4 aromatic rings. The highest BCUT2D eigenvalue weighted by Crippen LogP contribution is 2.23. The van der Waals surface area contributed by atoms with E-state index in [-0.39, 0.29) is 5.97 Å². The van der Waals surface area contributed by atoms with Gasteiger partial charge in [-0.25, -0.2) is 9.48 Å². The van der Waals surface area contributed by atoms with E-state index < -0.39 is 0 Å². The summed E-state index contributed by atoms with van der Waals surface area (Å²) in [5.74, 6) is 0.336. The van der Waals surface area contributed by atoms with E-state index in [2.05, 4.69) is 15.3 Å². The lowest BCUT2D eigenvalue weighted by Gasteiger charge is -2.05. The first-order chi connectivity index (χ1) is 14.6. The SMILES string of the molecule is COc1ccc(C(=O)OCCCc2cn(-c3ccnc4cc(Cl)ccc34)nn2)cc1. The van der Waals surface area contributed by atoms with Crippen LogP contribution in [0.2, 0.25) is 5.02 Å². The van der Waals surface area contributed by atoms with Crippen molar-refractivity contribution in [3.8, 4) is 11.4 Å². The molecule has 0 aliphatic heterocycles. The van der Waals surface area contributed by atoms with Crippen LogP contribution in [0.5, 0.6) is 5.75 Å². The molecule has 7 nitrogen and oxygen atoms in total. The van der Waals surface area contributed by atoms with Crippen LogP contribution in [-0.4, -0.2) is 39.7 Å². The number of hydrogen-bond donors (Lipinski definition) is 0. The van der Waals surface area contributed by atoms with Gasteiger partial charge in [0.15, 0.2) is 0 Å². The number of ether oxygens (including phenoxy) is 2. The molecule has 0 atom stereocenters. The van der Waals surface area contributed by atoms with E-state index >= 15 is 0 Å². The summed E-state index contributed by atoms with van der Waals surface area (Å²) in [4.78, 5) is 16.4. The van der Waals surface area contributed by atoms with Crippen LogP contribution >= 0.6 is 11.6 Å². The first-order valence-corrected chi connectivity index (χ1v) is 9.79. The van der Waals surface area contributed by atoms with E-state index in [0.717, 1.165) is 22.3 Å². The molecule has 0 spiro atoms. The molecule has 0 radical (unpaired) electrons. The molecule has 2 aromatic heterocycles. The zero-order valence-electron chi connectivity index (χ0n) is 16.3. The molecule has 0 aliphatic rings. The number of fused-ring (bicyclic) bond motifs is 1. The molecule has 0 fully saturated rings. The van der Waals surface area contributed by atoms with Crippen molar-refractivity contribution in [3.05, 3.63) is 77.2 Å². The predicted molar refractivity (Wildman–Crippen MR) is 113 cm³/mol. The average molecular weight is 423 g/mol. The third-order valence-electron chi connectivity index (χ3n) is 4.61. The molecule has 0 N–H and O–H groups in total. The molecule has 30 heavy (non-hydrogen) atoms. The van der Waals surface area contributed by atoms with Crippen molar-refractivity contribution in [2.24, 2.45) is 0 Å². The monoisotopic (exact) mass is 422 g/mol. The molecule has 0 saturated heterocycles. The third-order valence-corrected chi connectivity index (χ3v) is 4.84. The van der Waals surface area contributed by atoms with Crippen LogP contribution in [0.4, 0.5) is 0 Å². The molecule has 8 heteroatoms. The van der Waals surface area contributed by atoms with Crippen molar-refractivity contribution < 1.29 is 14.3 Å². The Balaban J connectivity index is 1.35. The first-order valence-electron chi connectivity index (χ1n) is 9.41. The number of carbonyl (C=O) groups excluding carboxylic acids is 1. The average Bonchev–Trinajstić information content (AvgIpc) is 3.24. The lowest BCUT2D eigenvalue weighted by atomic mass is 10.2. The van der Waals surface area contributed by atoms with Gasteiger partial charge in [-0.3, -0.25) is 4.98 Å². The quantitative estimate of drug-likeness (QED) is 0.327. The third kappa shape index (κ3) is 4.41. The van der Waals surface area contributed by atoms with Gasteiger partial charge in [-0.1, -0.05) is 16.8 Å². The number of rotatable bonds is 7. The van der Waals surface area contributed by atoms with E-state index in [4.69, 9.17) is 21.1 Å². The van der Waals surface area contributed by atoms with Gasteiger partial charge in [-0.2, -0.15) is 0 Å². The fourth-order valence-electron chi connectivity index (χ4n) is 3.07. The molecule has 0 aliphatic carbocycles. The standard InChI is InChI=1S/C22H19ClN4O3/c1-29-18-7-4-15(5-8-18)22(28)30-12-2-3-17-14-27(26-25-17)21-10-11-24-20-13-16(23)6-9-19(20)21/h4-11,13-14H,2-3,12H2,1H3. The van der Waals surface area contributed by atoms with Gasteiger partial charge in [0, 0.05) is 16.6 Å².